The van der Waals surface area contributed by atoms with Gasteiger partial charge in [-0.3, -0.25) is 0 Å². The first kappa shape index (κ1) is 19.5. The lowest BCUT2D eigenvalue weighted by atomic mass is 10.0. The minimum Gasteiger partial charge on any atom is -0.496 e. The summed E-state index contributed by atoms with van der Waals surface area (Å²) in [7, 11) is 1.60. The van der Waals surface area contributed by atoms with Crippen molar-refractivity contribution in [1.29, 1.82) is 0 Å². The predicted octanol–water partition coefficient (Wildman–Crippen LogP) is 4.39. The molecule has 3 rings (SSSR count). The molecule has 0 aliphatic rings. The second-order valence-electron chi connectivity index (χ2n) is 6.30. The van der Waals surface area contributed by atoms with Crippen LogP contribution in [0.25, 0.3) is 11.1 Å². The molecule has 0 aliphatic heterocycles. The van der Waals surface area contributed by atoms with E-state index in [1.54, 1.807) is 12.0 Å². The summed E-state index contributed by atoms with van der Waals surface area (Å²) in [4.78, 5) is 14.5. The lowest BCUT2D eigenvalue weighted by Gasteiger charge is -2.24. The topological polar surface area (TPSA) is 61.8 Å². The number of para-hydroxylation sites is 2. The van der Waals surface area contributed by atoms with Gasteiger partial charge < -0.3 is 20.1 Å². The van der Waals surface area contributed by atoms with E-state index in [4.69, 9.17) is 4.74 Å². The van der Waals surface area contributed by atoms with Gasteiger partial charge in [-0.2, -0.15) is 0 Å². The van der Waals surface area contributed by atoms with Crippen LogP contribution in [-0.2, 0) is 6.54 Å². The minimum atomic E-state index is -0.275. The van der Waals surface area contributed by atoms with Crippen LogP contribution < -0.4 is 10.1 Å². The van der Waals surface area contributed by atoms with Crippen molar-refractivity contribution in [3.05, 3.63) is 84.4 Å². The molecule has 0 fully saturated rings. The quantitative estimate of drug-likeness (QED) is 0.643. The molecule has 0 saturated carbocycles. The van der Waals surface area contributed by atoms with E-state index in [9.17, 15) is 9.90 Å². The molecular formula is C23H24N2O3. The number of hydrogen-bond donors (Lipinski definition) is 2. The van der Waals surface area contributed by atoms with E-state index in [1.165, 1.54) is 0 Å². The van der Waals surface area contributed by atoms with Crippen LogP contribution in [0.4, 0.5) is 10.5 Å². The van der Waals surface area contributed by atoms with Gasteiger partial charge in [-0.05, 0) is 17.7 Å². The highest BCUT2D eigenvalue weighted by Gasteiger charge is 2.17. The number of benzene rings is 3. The van der Waals surface area contributed by atoms with Gasteiger partial charge in [0, 0.05) is 17.7 Å². The van der Waals surface area contributed by atoms with E-state index >= 15 is 0 Å². The summed E-state index contributed by atoms with van der Waals surface area (Å²) in [5, 5.41) is 12.4. The normalized spacial score (nSPS) is 10.4. The molecule has 0 radical (unpaired) electrons. The Balaban J connectivity index is 1.82. The first-order valence-corrected chi connectivity index (χ1v) is 9.16. The minimum absolute atomic E-state index is 0.122. The van der Waals surface area contributed by atoms with Gasteiger partial charge in [-0.25, -0.2) is 4.79 Å². The maximum Gasteiger partial charge on any atom is 0.322 e. The molecule has 0 atom stereocenters. The molecule has 144 valence electrons. The van der Waals surface area contributed by atoms with Gasteiger partial charge in [0.05, 0.1) is 25.9 Å². The number of ether oxygens (including phenoxy) is 1. The number of nitrogens with one attached hydrogen (secondary N) is 1. The number of rotatable bonds is 7. The van der Waals surface area contributed by atoms with Crippen molar-refractivity contribution < 1.29 is 14.6 Å². The van der Waals surface area contributed by atoms with Crippen molar-refractivity contribution in [2.24, 2.45) is 0 Å². The van der Waals surface area contributed by atoms with Gasteiger partial charge in [-0.15, -0.1) is 0 Å². The number of carbonyl (C=O) groups is 1. The fraction of sp³-hybridized carbons (Fsp3) is 0.174. The fourth-order valence-electron chi connectivity index (χ4n) is 3.07. The van der Waals surface area contributed by atoms with Crippen LogP contribution in [0.2, 0.25) is 0 Å². The third kappa shape index (κ3) is 4.69. The maximum absolute atomic E-state index is 13.0. The fourth-order valence-corrected chi connectivity index (χ4v) is 3.07. The molecule has 3 aromatic rings. The maximum atomic E-state index is 13.0. The van der Waals surface area contributed by atoms with Crippen LogP contribution in [0, 0.1) is 0 Å². The van der Waals surface area contributed by atoms with E-state index in [1.807, 2.05) is 78.9 Å². The van der Waals surface area contributed by atoms with Crippen molar-refractivity contribution in [3.8, 4) is 16.9 Å². The standard InChI is InChI=1S/C23H24N2O3/c1-28-22-14-8-5-11-19(22)17-25(15-16-26)23(27)24-21-13-7-6-12-20(21)18-9-3-2-4-10-18/h2-14,26H,15-17H2,1H3,(H,24,27). The van der Waals surface area contributed by atoms with E-state index in [0.29, 0.717) is 12.3 Å². The highest BCUT2D eigenvalue weighted by Crippen LogP contribution is 2.28. The Bertz CT molecular complexity index is 912. The summed E-state index contributed by atoms with van der Waals surface area (Å²) >= 11 is 0. The Morgan fingerprint density at radius 3 is 2.39 bits per heavy atom. The predicted molar refractivity (Wildman–Crippen MR) is 111 cm³/mol. The third-order valence-corrected chi connectivity index (χ3v) is 4.46. The van der Waals surface area contributed by atoms with Crippen LogP contribution in [0.5, 0.6) is 5.75 Å². The molecule has 5 nitrogen and oxygen atoms in total. The molecule has 0 spiro atoms. The van der Waals surface area contributed by atoms with E-state index < -0.39 is 0 Å². The van der Waals surface area contributed by atoms with Gasteiger partial charge in [0.1, 0.15) is 5.75 Å². The number of nitrogens with zero attached hydrogens (tertiary/aromatic N) is 1. The van der Waals surface area contributed by atoms with Crippen LogP contribution in [-0.4, -0.2) is 36.3 Å². The van der Waals surface area contributed by atoms with Gasteiger partial charge in [0.15, 0.2) is 0 Å². The second-order valence-corrected chi connectivity index (χ2v) is 6.30. The summed E-state index contributed by atoms with van der Waals surface area (Å²) in [5.74, 6) is 0.711. The first-order valence-electron chi connectivity index (χ1n) is 9.16. The number of anilines is 1. The molecule has 0 unspecified atom stereocenters. The summed E-state index contributed by atoms with van der Waals surface area (Å²) in [6.07, 6.45) is 0. The summed E-state index contributed by atoms with van der Waals surface area (Å²) in [5.41, 5.74) is 3.57. The van der Waals surface area contributed by atoms with Gasteiger partial charge in [0.25, 0.3) is 0 Å². The number of urea groups is 1. The van der Waals surface area contributed by atoms with Crippen molar-refractivity contribution in [3.63, 3.8) is 0 Å². The van der Waals surface area contributed by atoms with Crippen LogP contribution in [0.3, 0.4) is 0 Å². The number of hydrogen-bond acceptors (Lipinski definition) is 3. The van der Waals surface area contributed by atoms with Gasteiger partial charge in [-0.1, -0.05) is 66.7 Å². The zero-order chi connectivity index (χ0) is 19.8. The molecular weight excluding hydrogens is 352 g/mol. The number of aliphatic hydroxyl groups is 1. The number of methoxy groups -OCH3 is 1. The largest absolute Gasteiger partial charge is 0.496 e. The number of aliphatic hydroxyl groups excluding tert-OH is 1. The molecule has 28 heavy (non-hydrogen) atoms. The Labute approximate surface area is 165 Å². The SMILES string of the molecule is COc1ccccc1CN(CCO)C(=O)Nc1ccccc1-c1ccccc1. The zero-order valence-electron chi connectivity index (χ0n) is 15.8. The summed E-state index contributed by atoms with van der Waals surface area (Å²) < 4.78 is 5.38. The van der Waals surface area contributed by atoms with Crippen LogP contribution >= 0.6 is 0 Å². The van der Waals surface area contributed by atoms with Crippen LogP contribution in [0.1, 0.15) is 5.56 Å². The molecule has 0 aliphatic carbocycles. The van der Waals surface area contributed by atoms with E-state index in [2.05, 4.69) is 5.32 Å². The van der Waals surface area contributed by atoms with Gasteiger partial charge in [0.2, 0.25) is 0 Å². The first-order chi connectivity index (χ1) is 13.7. The Hall–Kier alpha value is -3.31. The highest BCUT2D eigenvalue weighted by atomic mass is 16.5. The van der Waals surface area contributed by atoms with E-state index in [0.717, 1.165) is 22.4 Å². The zero-order valence-corrected chi connectivity index (χ0v) is 15.8. The molecule has 0 aromatic heterocycles. The Kier molecular flexibility index (Phi) is 6.65. The highest BCUT2D eigenvalue weighted by molar-refractivity contribution is 5.94. The molecule has 0 saturated heterocycles. The van der Waals surface area contributed by atoms with Gasteiger partial charge >= 0.3 is 6.03 Å². The number of carbonyl (C=O) groups excluding carboxylic acids is 1. The molecule has 0 bridgehead atoms. The molecule has 0 heterocycles. The average Bonchev–Trinajstić information content (AvgIpc) is 2.75. The van der Waals surface area contributed by atoms with Crippen LogP contribution in [0.15, 0.2) is 78.9 Å². The van der Waals surface area contributed by atoms with Crippen molar-refractivity contribution in [2.45, 2.75) is 6.54 Å². The van der Waals surface area contributed by atoms with E-state index in [-0.39, 0.29) is 19.2 Å². The summed E-state index contributed by atoms with van der Waals surface area (Å²) in [6, 6.07) is 24.9. The smallest absolute Gasteiger partial charge is 0.322 e. The average molecular weight is 376 g/mol. The molecule has 2 amide bonds. The Morgan fingerprint density at radius 2 is 1.64 bits per heavy atom. The second kappa shape index (κ2) is 9.58. The molecule has 2 N–H and O–H groups in total. The van der Waals surface area contributed by atoms with Crippen molar-refractivity contribution in [2.75, 3.05) is 25.6 Å². The lowest BCUT2D eigenvalue weighted by Crippen LogP contribution is -2.36. The number of amides is 2. The molecule has 5 heteroatoms. The summed E-state index contributed by atoms with van der Waals surface area (Å²) in [6.45, 7) is 0.435. The third-order valence-electron chi connectivity index (χ3n) is 4.46. The van der Waals surface area contributed by atoms with Crippen molar-refractivity contribution >= 4 is 11.7 Å². The lowest BCUT2D eigenvalue weighted by molar-refractivity contribution is 0.184. The Morgan fingerprint density at radius 1 is 0.964 bits per heavy atom. The monoisotopic (exact) mass is 376 g/mol. The van der Waals surface area contributed by atoms with Crippen molar-refractivity contribution in [1.82, 2.24) is 4.90 Å². The molecule has 3 aromatic carbocycles.